The van der Waals surface area contributed by atoms with E-state index in [4.69, 9.17) is 4.74 Å². The SMILES string of the molecule is COCC(CCBr)NS(=O)(=O)CC(C)C. The fraction of sp³-hybridized carbons (Fsp3) is 1.00. The molecule has 92 valence electrons. The Kier molecular flexibility index (Phi) is 7.77. The lowest BCUT2D eigenvalue weighted by atomic mass is 10.3. The van der Waals surface area contributed by atoms with Gasteiger partial charge in [0.05, 0.1) is 12.4 Å². The van der Waals surface area contributed by atoms with E-state index in [0.29, 0.717) is 6.61 Å². The molecule has 6 heteroatoms. The van der Waals surface area contributed by atoms with Gasteiger partial charge in [-0.25, -0.2) is 13.1 Å². The van der Waals surface area contributed by atoms with Crippen molar-refractivity contribution in [2.24, 2.45) is 5.92 Å². The average Bonchev–Trinajstić information content (AvgIpc) is 2.01. The minimum absolute atomic E-state index is 0.134. The van der Waals surface area contributed by atoms with Crippen LogP contribution in [0.25, 0.3) is 0 Å². The van der Waals surface area contributed by atoms with Gasteiger partial charge in [0.25, 0.3) is 0 Å². The topological polar surface area (TPSA) is 55.4 Å². The van der Waals surface area contributed by atoms with Gasteiger partial charge in [0.2, 0.25) is 10.0 Å². The highest BCUT2D eigenvalue weighted by Gasteiger charge is 2.18. The van der Waals surface area contributed by atoms with Crippen LogP contribution >= 0.6 is 15.9 Å². The van der Waals surface area contributed by atoms with Crippen molar-refractivity contribution in [3.8, 4) is 0 Å². The Morgan fingerprint density at radius 2 is 2.00 bits per heavy atom. The van der Waals surface area contributed by atoms with Gasteiger partial charge in [-0.15, -0.1) is 0 Å². The molecule has 0 amide bonds. The molecule has 0 fully saturated rings. The quantitative estimate of drug-likeness (QED) is 0.689. The molecule has 4 nitrogen and oxygen atoms in total. The van der Waals surface area contributed by atoms with E-state index in [0.717, 1.165) is 11.8 Å². The van der Waals surface area contributed by atoms with Crippen molar-refractivity contribution < 1.29 is 13.2 Å². The second kappa shape index (κ2) is 7.60. The van der Waals surface area contributed by atoms with Crippen LogP contribution in [0.1, 0.15) is 20.3 Å². The number of methoxy groups -OCH3 is 1. The zero-order chi connectivity index (χ0) is 11.9. The Morgan fingerprint density at radius 3 is 2.40 bits per heavy atom. The van der Waals surface area contributed by atoms with Gasteiger partial charge in [-0.05, 0) is 12.3 Å². The van der Waals surface area contributed by atoms with Crippen LogP contribution < -0.4 is 4.72 Å². The van der Waals surface area contributed by atoms with Crippen molar-refractivity contribution in [2.75, 3.05) is 24.8 Å². The van der Waals surface area contributed by atoms with Crippen molar-refractivity contribution in [1.29, 1.82) is 0 Å². The van der Waals surface area contributed by atoms with Crippen LogP contribution in [-0.2, 0) is 14.8 Å². The minimum atomic E-state index is -3.18. The fourth-order valence-electron chi connectivity index (χ4n) is 1.25. The maximum Gasteiger partial charge on any atom is 0.212 e. The highest BCUT2D eigenvalue weighted by atomic mass is 79.9. The fourth-order valence-corrected chi connectivity index (χ4v) is 3.47. The molecule has 0 aromatic rings. The van der Waals surface area contributed by atoms with Crippen LogP contribution in [0, 0.1) is 5.92 Å². The number of alkyl halides is 1. The van der Waals surface area contributed by atoms with Crippen molar-refractivity contribution >= 4 is 26.0 Å². The number of hydrogen-bond acceptors (Lipinski definition) is 3. The number of rotatable bonds is 8. The molecule has 1 atom stereocenters. The molecule has 0 heterocycles. The van der Waals surface area contributed by atoms with Crippen molar-refractivity contribution in [3.63, 3.8) is 0 Å². The van der Waals surface area contributed by atoms with E-state index < -0.39 is 10.0 Å². The van der Waals surface area contributed by atoms with Crippen LogP contribution in [0.15, 0.2) is 0 Å². The second-order valence-electron chi connectivity index (χ2n) is 3.92. The third-order valence-corrected chi connectivity index (χ3v) is 3.98. The summed E-state index contributed by atoms with van der Waals surface area (Å²) < 4.78 is 30.8. The number of nitrogens with one attached hydrogen (secondary N) is 1. The van der Waals surface area contributed by atoms with Gasteiger partial charge in [-0.3, -0.25) is 0 Å². The van der Waals surface area contributed by atoms with Gasteiger partial charge >= 0.3 is 0 Å². The summed E-state index contributed by atoms with van der Waals surface area (Å²) in [6.07, 6.45) is 0.727. The summed E-state index contributed by atoms with van der Waals surface area (Å²) in [7, 11) is -1.61. The molecule has 0 spiro atoms. The second-order valence-corrected chi connectivity index (χ2v) is 6.51. The maximum atomic E-state index is 11.6. The van der Waals surface area contributed by atoms with E-state index in [1.807, 2.05) is 13.8 Å². The van der Waals surface area contributed by atoms with E-state index in [1.54, 1.807) is 7.11 Å². The Morgan fingerprint density at radius 1 is 1.40 bits per heavy atom. The predicted octanol–water partition coefficient (Wildman–Crippen LogP) is 1.36. The van der Waals surface area contributed by atoms with Crippen LogP contribution in [0.5, 0.6) is 0 Å². The molecule has 0 aliphatic rings. The first-order valence-electron chi connectivity index (χ1n) is 4.96. The number of sulfonamides is 1. The molecular formula is C9H20BrNO3S. The molecule has 1 N–H and O–H groups in total. The van der Waals surface area contributed by atoms with Crippen LogP contribution in [0.3, 0.4) is 0 Å². The monoisotopic (exact) mass is 301 g/mol. The van der Waals surface area contributed by atoms with E-state index in [1.165, 1.54) is 0 Å². The first-order chi connectivity index (χ1) is 6.91. The lowest BCUT2D eigenvalue weighted by Crippen LogP contribution is -2.40. The number of ether oxygens (including phenoxy) is 1. The highest BCUT2D eigenvalue weighted by Crippen LogP contribution is 2.03. The van der Waals surface area contributed by atoms with Gasteiger partial charge in [0.1, 0.15) is 0 Å². The lowest BCUT2D eigenvalue weighted by Gasteiger charge is -2.17. The van der Waals surface area contributed by atoms with Gasteiger partial charge < -0.3 is 4.74 Å². The first kappa shape index (κ1) is 15.3. The summed E-state index contributed by atoms with van der Waals surface area (Å²) in [5.41, 5.74) is 0. The Bertz CT molecular complexity index is 248. The molecular weight excluding hydrogens is 282 g/mol. The van der Waals surface area contributed by atoms with Crippen molar-refractivity contribution in [2.45, 2.75) is 26.3 Å². The van der Waals surface area contributed by atoms with Crippen LogP contribution in [-0.4, -0.2) is 39.3 Å². The summed E-state index contributed by atoms with van der Waals surface area (Å²) in [5.74, 6) is 0.296. The summed E-state index contributed by atoms with van der Waals surface area (Å²) in [5, 5.41) is 0.755. The molecule has 1 unspecified atom stereocenters. The molecule has 0 aliphatic heterocycles. The molecule has 0 saturated carbocycles. The smallest absolute Gasteiger partial charge is 0.212 e. The van der Waals surface area contributed by atoms with E-state index in [9.17, 15) is 8.42 Å². The molecule has 0 radical (unpaired) electrons. The molecule has 0 bridgehead atoms. The summed E-state index contributed by atoms with van der Waals surface area (Å²) in [6, 6.07) is -0.141. The predicted molar refractivity (Wildman–Crippen MR) is 65.8 cm³/mol. The van der Waals surface area contributed by atoms with E-state index >= 15 is 0 Å². The summed E-state index contributed by atoms with van der Waals surface area (Å²) in [4.78, 5) is 0. The maximum absolute atomic E-state index is 11.6. The third-order valence-electron chi connectivity index (χ3n) is 1.72. The molecule has 0 aromatic heterocycles. The van der Waals surface area contributed by atoms with Crippen LogP contribution in [0.4, 0.5) is 0 Å². The zero-order valence-electron chi connectivity index (χ0n) is 9.49. The van der Waals surface area contributed by atoms with Gasteiger partial charge in [0, 0.05) is 18.5 Å². The third kappa shape index (κ3) is 8.19. The molecule has 15 heavy (non-hydrogen) atoms. The van der Waals surface area contributed by atoms with E-state index in [-0.39, 0.29) is 17.7 Å². The molecule has 0 rings (SSSR count). The standard InChI is InChI=1S/C9H20BrNO3S/c1-8(2)7-15(12,13)11-9(4-5-10)6-14-3/h8-9,11H,4-7H2,1-3H3. The Balaban J connectivity index is 4.24. The van der Waals surface area contributed by atoms with Gasteiger partial charge in [-0.1, -0.05) is 29.8 Å². The minimum Gasteiger partial charge on any atom is -0.383 e. The highest BCUT2D eigenvalue weighted by molar-refractivity contribution is 9.09. The number of halogens is 1. The first-order valence-corrected chi connectivity index (χ1v) is 7.73. The van der Waals surface area contributed by atoms with Crippen molar-refractivity contribution in [3.05, 3.63) is 0 Å². The molecule has 0 aromatic carbocycles. The summed E-state index contributed by atoms with van der Waals surface area (Å²) in [6.45, 7) is 4.17. The average molecular weight is 302 g/mol. The zero-order valence-corrected chi connectivity index (χ0v) is 11.9. The number of hydrogen-bond donors (Lipinski definition) is 1. The molecule has 0 aliphatic carbocycles. The Hall–Kier alpha value is 0.350. The summed E-state index contributed by atoms with van der Waals surface area (Å²) >= 11 is 3.29. The van der Waals surface area contributed by atoms with Gasteiger partial charge in [0.15, 0.2) is 0 Å². The normalized spacial score (nSPS) is 14.5. The lowest BCUT2D eigenvalue weighted by molar-refractivity contribution is 0.173. The van der Waals surface area contributed by atoms with Crippen molar-refractivity contribution in [1.82, 2.24) is 4.72 Å². The molecule has 0 saturated heterocycles. The Labute approximate surface area is 101 Å². The van der Waals surface area contributed by atoms with E-state index in [2.05, 4.69) is 20.7 Å². The van der Waals surface area contributed by atoms with Gasteiger partial charge in [-0.2, -0.15) is 0 Å². The van der Waals surface area contributed by atoms with Crippen LogP contribution in [0.2, 0.25) is 0 Å². The largest absolute Gasteiger partial charge is 0.383 e.